The Labute approximate surface area is 136 Å². The molecule has 1 amide bonds. The first kappa shape index (κ1) is 17.1. The van der Waals surface area contributed by atoms with Crippen molar-refractivity contribution in [1.29, 1.82) is 0 Å². The van der Waals surface area contributed by atoms with Gasteiger partial charge < -0.3 is 20.1 Å². The quantitative estimate of drug-likeness (QED) is 0.867. The molecule has 0 aliphatic carbocycles. The summed E-state index contributed by atoms with van der Waals surface area (Å²) in [6.45, 7) is 2.30. The molecule has 6 heteroatoms. The van der Waals surface area contributed by atoms with Crippen molar-refractivity contribution in [2.45, 2.75) is 18.9 Å². The zero-order valence-corrected chi connectivity index (χ0v) is 13.6. The maximum Gasteiger partial charge on any atom is 0.239 e. The van der Waals surface area contributed by atoms with Crippen LogP contribution in [0.15, 0.2) is 24.3 Å². The molecule has 1 aromatic carbocycles. The van der Waals surface area contributed by atoms with Gasteiger partial charge in [0, 0.05) is 25.3 Å². The Morgan fingerprint density at radius 3 is 2.68 bits per heavy atom. The van der Waals surface area contributed by atoms with Crippen LogP contribution < -0.4 is 10.5 Å². The molecule has 0 saturated carbocycles. The maximum atomic E-state index is 12.3. The second-order valence-electron chi connectivity index (χ2n) is 5.54. The molecule has 22 heavy (non-hydrogen) atoms. The Bertz CT molecular complexity index is 475. The first-order valence-electron chi connectivity index (χ1n) is 7.54. The van der Waals surface area contributed by atoms with Gasteiger partial charge in [0.05, 0.1) is 12.6 Å². The van der Waals surface area contributed by atoms with Crippen molar-refractivity contribution in [3.63, 3.8) is 0 Å². The third-order valence-corrected chi connectivity index (χ3v) is 4.20. The third kappa shape index (κ3) is 4.87. The molecule has 1 fully saturated rings. The number of ether oxygens (including phenoxy) is 2. The summed E-state index contributed by atoms with van der Waals surface area (Å²) in [6, 6.07) is 6.69. The third-order valence-electron chi connectivity index (χ3n) is 3.94. The smallest absolute Gasteiger partial charge is 0.239 e. The maximum absolute atomic E-state index is 12.3. The molecule has 0 radical (unpaired) electrons. The van der Waals surface area contributed by atoms with E-state index in [1.54, 1.807) is 36.2 Å². The molecule has 5 nitrogen and oxygen atoms in total. The van der Waals surface area contributed by atoms with Crippen LogP contribution in [-0.4, -0.2) is 50.3 Å². The Balaban J connectivity index is 1.74. The highest BCUT2D eigenvalue weighted by atomic mass is 35.5. The molecule has 2 rings (SSSR count). The monoisotopic (exact) mass is 326 g/mol. The predicted molar refractivity (Wildman–Crippen MR) is 86.1 cm³/mol. The number of carbonyl (C=O) groups excluding carboxylic acids is 1. The van der Waals surface area contributed by atoms with Gasteiger partial charge in [-0.15, -0.1) is 0 Å². The van der Waals surface area contributed by atoms with Gasteiger partial charge in [-0.2, -0.15) is 0 Å². The number of nitrogens with two attached hydrogens (primary N) is 1. The van der Waals surface area contributed by atoms with Crippen LogP contribution in [0.5, 0.6) is 5.75 Å². The Kier molecular flexibility index (Phi) is 6.49. The number of amides is 1. The Hall–Kier alpha value is -1.30. The molecule has 1 aromatic rings. The van der Waals surface area contributed by atoms with Crippen molar-refractivity contribution in [2.24, 2.45) is 11.7 Å². The number of halogens is 1. The van der Waals surface area contributed by atoms with Crippen LogP contribution in [0.25, 0.3) is 0 Å². The molecule has 0 aromatic heterocycles. The van der Waals surface area contributed by atoms with E-state index in [2.05, 4.69) is 0 Å². The molecule has 1 aliphatic heterocycles. The average molecular weight is 327 g/mol. The summed E-state index contributed by atoms with van der Waals surface area (Å²) < 4.78 is 10.9. The zero-order chi connectivity index (χ0) is 15.9. The lowest BCUT2D eigenvalue weighted by molar-refractivity contribution is -0.133. The Morgan fingerprint density at radius 1 is 1.41 bits per heavy atom. The largest absolute Gasteiger partial charge is 0.492 e. The number of hydrogen-bond acceptors (Lipinski definition) is 4. The number of rotatable bonds is 6. The minimum Gasteiger partial charge on any atom is -0.492 e. The minimum absolute atomic E-state index is 0.0355. The van der Waals surface area contributed by atoms with Gasteiger partial charge in [0.15, 0.2) is 0 Å². The van der Waals surface area contributed by atoms with Gasteiger partial charge in [-0.05, 0) is 43.0 Å². The van der Waals surface area contributed by atoms with Crippen LogP contribution in [-0.2, 0) is 9.53 Å². The lowest BCUT2D eigenvalue weighted by atomic mass is 9.91. The summed E-state index contributed by atoms with van der Waals surface area (Å²) in [5.74, 6) is 0.909. The molecular formula is C16H23ClN2O3. The molecule has 0 bridgehead atoms. The summed E-state index contributed by atoms with van der Waals surface area (Å²) in [6.07, 6.45) is 1.70. The van der Waals surface area contributed by atoms with E-state index in [0.717, 1.165) is 18.6 Å². The van der Waals surface area contributed by atoms with Crippen LogP contribution in [0, 0.1) is 5.92 Å². The molecule has 0 spiro atoms. The fourth-order valence-electron chi connectivity index (χ4n) is 2.47. The summed E-state index contributed by atoms with van der Waals surface area (Å²) in [7, 11) is 1.76. The standard InChI is InChI=1S/C16H23ClN2O3/c1-19(8-11-22-14-4-2-13(17)3-5-14)16(20)15(18)12-6-9-21-10-7-12/h2-5,12,15H,6-11,18H2,1H3. The normalized spacial score (nSPS) is 17.0. The number of likely N-dealkylation sites (N-methyl/N-ethyl adjacent to an activating group) is 1. The fourth-order valence-corrected chi connectivity index (χ4v) is 2.60. The van der Waals surface area contributed by atoms with Crippen LogP contribution in [0.4, 0.5) is 0 Å². The summed E-state index contributed by atoms with van der Waals surface area (Å²) in [5, 5.41) is 0.669. The molecule has 1 heterocycles. The minimum atomic E-state index is -0.454. The van der Waals surface area contributed by atoms with Gasteiger partial charge in [-0.1, -0.05) is 11.6 Å². The van der Waals surface area contributed by atoms with E-state index in [1.807, 2.05) is 0 Å². The van der Waals surface area contributed by atoms with Crippen molar-refractivity contribution in [1.82, 2.24) is 4.90 Å². The van der Waals surface area contributed by atoms with Gasteiger partial charge in [-0.25, -0.2) is 0 Å². The number of hydrogen-bond donors (Lipinski definition) is 1. The van der Waals surface area contributed by atoms with Crippen LogP contribution >= 0.6 is 11.6 Å². The highest BCUT2D eigenvalue weighted by Gasteiger charge is 2.28. The van der Waals surface area contributed by atoms with Crippen LogP contribution in [0.2, 0.25) is 5.02 Å². The second kappa shape index (κ2) is 8.36. The van der Waals surface area contributed by atoms with Gasteiger partial charge in [0.2, 0.25) is 5.91 Å². The summed E-state index contributed by atoms with van der Waals surface area (Å²) in [5.41, 5.74) is 6.09. The van der Waals surface area contributed by atoms with E-state index in [0.29, 0.717) is 31.4 Å². The van der Waals surface area contributed by atoms with Gasteiger partial charge in [0.25, 0.3) is 0 Å². The lowest BCUT2D eigenvalue weighted by Gasteiger charge is -2.29. The first-order chi connectivity index (χ1) is 10.6. The van der Waals surface area contributed by atoms with Crippen LogP contribution in [0.3, 0.4) is 0 Å². The highest BCUT2D eigenvalue weighted by Crippen LogP contribution is 2.19. The van der Waals surface area contributed by atoms with E-state index in [9.17, 15) is 4.79 Å². The van der Waals surface area contributed by atoms with Crippen molar-refractivity contribution in [3.05, 3.63) is 29.3 Å². The van der Waals surface area contributed by atoms with E-state index in [-0.39, 0.29) is 11.8 Å². The van der Waals surface area contributed by atoms with Crippen LogP contribution in [0.1, 0.15) is 12.8 Å². The first-order valence-corrected chi connectivity index (χ1v) is 7.92. The van der Waals surface area contributed by atoms with Gasteiger partial charge in [-0.3, -0.25) is 4.79 Å². The second-order valence-corrected chi connectivity index (χ2v) is 5.97. The molecular weight excluding hydrogens is 304 g/mol. The number of benzene rings is 1. The topological polar surface area (TPSA) is 64.8 Å². The van der Waals surface area contributed by atoms with E-state index >= 15 is 0 Å². The molecule has 1 saturated heterocycles. The van der Waals surface area contributed by atoms with Crippen molar-refractivity contribution in [2.75, 3.05) is 33.4 Å². The highest BCUT2D eigenvalue weighted by molar-refractivity contribution is 6.30. The molecule has 1 unspecified atom stereocenters. The summed E-state index contributed by atoms with van der Waals surface area (Å²) in [4.78, 5) is 14.0. The summed E-state index contributed by atoms with van der Waals surface area (Å²) >= 11 is 5.82. The predicted octanol–water partition coefficient (Wildman–Crippen LogP) is 1.93. The fraction of sp³-hybridized carbons (Fsp3) is 0.562. The Morgan fingerprint density at radius 2 is 2.05 bits per heavy atom. The van der Waals surface area contributed by atoms with Gasteiger partial charge in [0.1, 0.15) is 12.4 Å². The van der Waals surface area contributed by atoms with Crippen molar-refractivity contribution >= 4 is 17.5 Å². The molecule has 1 aliphatic rings. The average Bonchev–Trinajstić information content (AvgIpc) is 2.56. The van der Waals surface area contributed by atoms with Gasteiger partial charge >= 0.3 is 0 Å². The van der Waals surface area contributed by atoms with E-state index < -0.39 is 6.04 Å². The number of carbonyl (C=O) groups is 1. The lowest BCUT2D eigenvalue weighted by Crippen LogP contribution is -2.48. The van der Waals surface area contributed by atoms with Crippen molar-refractivity contribution < 1.29 is 14.3 Å². The zero-order valence-electron chi connectivity index (χ0n) is 12.8. The molecule has 1 atom stereocenters. The van der Waals surface area contributed by atoms with E-state index in [4.69, 9.17) is 26.8 Å². The van der Waals surface area contributed by atoms with E-state index in [1.165, 1.54) is 0 Å². The van der Waals surface area contributed by atoms with Crippen molar-refractivity contribution in [3.8, 4) is 5.75 Å². The number of nitrogens with zero attached hydrogens (tertiary/aromatic N) is 1. The molecule has 2 N–H and O–H groups in total. The SMILES string of the molecule is CN(CCOc1ccc(Cl)cc1)C(=O)C(N)C1CCOCC1. The molecule has 122 valence electrons.